The third-order valence-electron chi connectivity index (χ3n) is 8.20. The van der Waals surface area contributed by atoms with Crippen LogP contribution in [0.2, 0.25) is 0 Å². The Kier molecular flexibility index (Phi) is 6.10. The molecule has 0 amide bonds. The zero-order valence-electron chi connectivity index (χ0n) is 22.8. The minimum atomic E-state index is -0.359. The van der Waals surface area contributed by atoms with E-state index in [1.165, 1.54) is 22.8 Å². The summed E-state index contributed by atoms with van der Waals surface area (Å²) in [4.78, 5) is 11.5. The molecule has 1 aliphatic heterocycles. The second kappa shape index (κ2) is 9.52. The highest BCUT2D eigenvalue weighted by molar-refractivity contribution is 5.95. The van der Waals surface area contributed by atoms with Crippen molar-refractivity contribution in [2.45, 2.75) is 44.6 Å². The minimum Gasteiger partial charge on any atom is -0.457 e. The molecule has 7 nitrogen and oxygen atoms in total. The highest BCUT2D eigenvalue weighted by Gasteiger charge is 2.44. The fourth-order valence-corrected chi connectivity index (χ4v) is 6.17. The predicted octanol–water partition coefficient (Wildman–Crippen LogP) is 7.44. The van der Waals surface area contributed by atoms with E-state index in [0.29, 0.717) is 17.1 Å². The maximum Gasteiger partial charge on any atom is 0.270 e. The van der Waals surface area contributed by atoms with Crippen molar-refractivity contribution in [1.82, 2.24) is 0 Å². The number of anilines is 1. The molecule has 7 heteroatoms. The lowest BCUT2D eigenvalue weighted by molar-refractivity contribution is -0.385. The number of rotatable bonds is 5. The van der Waals surface area contributed by atoms with Gasteiger partial charge in [-0.3, -0.25) is 15.5 Å². The average molecular weight is 533 g/mol. The van der Waals surface area contributed by atoms with E-state index in [1.807, 2.05) is 30.3 Å². The summed E-state index contributed by atoms with van der Waals surface area (Å²) in [6.07, 6.45) is 0.810. The number of nitrogens with zero attached hydrogens (tertiary/aromatic N) is 1. The largest absolute Gasteiger partial charge is 0.457 e. The highest BCUT2D eigenvalue weighted by Crippen LogP contribution is 2.55. The van der Waals surface area contributed by atoms with Crippen LogP contribution in [-0.4, -0.2) is 10.8 Å². The van der Waals surface area contributed by atoms with Gasteiger partial charge in [0.2, 0.25) is 0 Å². The summed E-state index contributed by atoms with van der Waals surface area (Å²) in [7, 11) is 0. The quantitative estimate of drug-likeness (QED) is 0.107. The topological polar surface area (TPSA) is 114 Å². The lowest BCUT2D eigenvalue weighted by Gasteiger charge is -2.38. The number of hydrogen-bond donors (Lipinski definition) is 3. The third kappa shape index (κ3) is 4.47. The minimum absolute atomic E-state index is 0.0191. The lowest BCUT2D eigenvalue weighted by atomic mass is 9.75. The monoisotopic (exact) mass is 532 g/mol. The summed E-state index contributed by atoms with van der Waals surface area (Å²) in [6, 6.07) is 26.9. The Hall–Kier alpha value is -4.65. The van der Waals surface area contributed by atoms with Crippen molar-refractivity contribution in [3.63, 3.8) is 0 Å². The number of nitrogen functional groups attached to an aromatic ring is 1. The zero-order valence-corrected chi connectivity index (χ0v) is 22.8. The number of benzene rings is 4. The van der Waals surface area contributed by atoms with Crippen molar-refractivity contribution in [1.29, 1.82) is 5.41 Å². The summed E-state index contributed by atoms with van der Waals surface area (Å²) in [6.45, 7) is 6.50. The van der Waals surface area contributed by atoms with Crippen LogP contribution in [0.25, 0.3) is 0 Å². The molecule has 4 aromatic rings. The molecule has 40 heavy (non-hydrogen) atoms. The van der Waals surface area contributed by atoms with Crippen molar-refractivity contribution < 1.29 is 9.66 Å². The number of nitro groups is 1. The molecule has 0 fully saturated rings. The van der Waals surface area contributed by atoms with Gasteiger partial charge in [0.25, 0.3) is 5.69 Å². The molecule has 3 unspecified atom stereocenters. The Morgan fingerprint density at radius 3 is 2.42 bits per heavy atom. The van der Waals surface area contributed by atoms with E-state index in [2.05, 4.69) is 62.5 Å². The van der Waals surface area contributed by atoms with Crippen molar-refractivity contribution >= 4 is 17.2 Å². The summed E-state index contributed by atoms with van der Waals surface area (Å²) in [5.41, 5.74) is 13.0. The standard InChI is InChI=1S/C33H32N4O3/c1-33(2,3)21-9-12-23(13-10-21)40-29-15-11-22(37(38)39)18-26(29)31-27-16-19-6-4-5-7-24(19)30(27)25-17-20(32(34)35)8-14-28(25)36-31/h4-15,17-18,27,30-31,36H,16H2,1-3H3,(H3,34,35). The predicted molar refractivity (Wildman–Crippen MR) is 158 cm³/mol. The van der Waals surface area contributed by atoms with Crippen LogP contribution < -0.4 is 15.8 Å². The molecule has 0 bridgehead atoms. The molecule has 1 heterocycles. The Balaban J connectivity index is 1.46. The molecular weight excluding hydrogens is 500 g/mol. The van der Waals surface area contributed by atoms with E-state index in [9.17, 15) is 10.1 Å². The SMILES string of the molecule is CC(C)(C)c1ccc(Oc2ccc([N+](=O)[O-])cc2C2Nc3ccc(C(=N)N)cc3C3c4ccccc4CC23)cc1. The number of nitrogens with two attached hydrogens (primary N) is 1. The first-order valence-electron chi connectivity index (χ1n) is 13.5. The molecule has 0 spiro atoms. The van der Waals surface area contributed by atoms with Gasteiger partial charge in [-0.25, -0.2) is 0 Å². The van der Waals surface area contributed by atoms with Gasteiger partial charge in [-0.05, 0) is 76.4 Å². The molecule has 202 valence electrons. The summed E-state index contributed by atoms with van der Waals surface area (Å²) in [5, 5.41) is 23.5. The van der Waals surface area contributed by atoms with Gasteiger partial charge in [-0.15, -0.1) is 0 Å². The first kappa shape index (κ1) is 25.6. The van der Waals surface area contributed by atoms with Gasteiger partial charge in [0.1, 0.15) is 17.3 Å². The van der Waals surface area contributed by atoms with E-state index in [1.54, 1.807) is 12.1 Å². The molecule has 4 aromatic carbocycles. The Bertz CT molecular complexity index is 1640. The maximum atomic E-state index is 11.9. The van der Waals surface area contributed by atoms with Crippen LogP contribution in [0, 0.1) is 21.4 Å². The van der Waals surface area contributed by atoms with Gasteiger partial charge < -0.3 is 15.8 Å². The first-order chi connectivity index (χ1) is 19.1. The van der Waals surface area contributed by atoms with E-state index in [-0.39, 0.29) is 39.7 Å². The second-order valence-electron chi connectivity index (χ2n) is 11.7. The fourth-order valence-electron chi connectivity index (χ4n) is 6.17. The van der Waals surface area contributed by atoms with Crippen LogP contribution in [-0.2, 0) is 11.8 Å². The van der Waals surface area contributed by atoms with Crippen LogP contribution in [0.3, 0.4) is 0 Å². The number of hydrogen-bond acceptors (Lipinski definition) is 5. The van der Waals surface area contributed by atoms with Crippen LogP contribution in [0.15, 0.2) is 84.9 Å². The third-order valence-corrected chi connectivity index (χ3v) is 8.20. The van der Waals surface area contributed by atoms with E-state index in [0.717, 1.165) is 23.2 Å². The summed E-state index contributed by atoms with van der Waals surface area (Å²) < 4.78 is 6.42. The van der Waals surface area contributed by atoms with Gasteiger partial charge in [-0.1, -0.05) is 57.2 Å². The molecule has 3 atom stereocenters. The Labute approximate surface area is 233 Å². The molecule has 6 rings (SSSR count). The molecule has 0 saturated heterocycles. The van der Waals surface area contributed by atoms with E-state index >= 15 is 0 Å². The van der Waals surface area contributed by atoms with Gasteiger partial charge >= 0.3 is 0 Å². The zero-order chi connectivity index (χ0) is 28.2. The molecule has 0 radical (unpaired) electrons. The van der Waals surface area contributed by atoms with Crippen LogP contribution in [0.1, 0.15) is 66.1 Å². The Morgan fingerprint density at radius 1 is 0.975 bits per heavy atom. The van der Waals surface area contributed by atoms with Crippen LogP contribution in [0.5, 0.6) is 11.5 Å². The van der Waals surface area contributed by atoms with E-state index in [4.69, 9.17) is 15.9 Å². The van der Waals surface area contributed by atoms with Gasteiger partial charge in [0.05, 0.1) is 11.0 Å². The average Bonchev–Trinajstić information content (AvgIpc) is 3.32. The highest BCUT2D eigenvalue weighted by atomic mass is 16.6. The number of non-ortho nitro benzene ring substituents is 1. The summed E-state index contributed by atoms with van der Waals surface area (Å²) in [5.74, 6) is 1.43. The molecule has 2 aliphatic rings. The second-order valence-corrected chi connectivity index (χ2v) is 11.7. The van der Waals surface area contributed by atoms with Gasteiger partial charge in [0, 0.05) is 34.9 Å². The lowest BCUT2D eigenvalue weighted by Crippen LogP contribution is -2.31. The maximum absolute atomic E-state index is 11.9. The normalized spacial score (nSPS) is 19.1. The number of nitrogens with one attached hydrogen (secondary N) is 2. The van der Waals surface area contributed by atoms with Crippen molar-refractivity contribution in [2.75, 3.05) is 5.32 Å². The number of amidine groups is 1. The Morgan fingerprint density at radius 2 is 1.73 bits per heavy atom. The van der Waals surface area contributed by atoms with Crippen LogP contribution >= 0.6 is 0 Å². The van der Waals surface area contributed by atoms with Crippen molar-refractivity contribution in [2.24, 2.45) is 11.7 Å². The first-order valence-corrected chi connectivity index (χ1v) is 13.5. The van der Waals surface area contributed by atoms with E-state index < -0.39 is 0 Å². The van der Waals surface area contributed by atoms with Gasteiger partial charge in [-0.2, -0.15) is 0 Å². The smallest absolute Gasteiger partial charge is 0.270 e. The van der Waals surface area contributed by atoms with Crippen molar-refractivity contribution in [3.8, 4) is 11.5 Å². The van der Waals surface area contributed by atoms with Crippen molar-refractivity contribution in [3.05, 3.63) is 128 Å². The molecule has 0 saturated carbocycles. The number of ether oxygens (including phenoxy) is 1. The number of fused-ring (bicyclic) bond motifs is 5. The molecule has 1 aliphatic carbocycles. The van der Waals surface area contributed by atoms with Crippen LogP contribution in [0.4, 0.5) is 11.4 Å². The molecule has 4 N–H and O–H groups in total. The molecular formula is C33H32N4O3. The van der Waals surface area contributed by atoms with Gasteiger partial charge in [0.15, 0.2) is 0 Å². The number of nitro benzene ring substituents is 1. The summed E-state index contributed by atoms with van der Waals surface area (Å²) >= 11 is 0. The molecule has 0 aromatic heterocycles. The fraction of sp³-hybridized carbons (Fsp3) is 0.242.